The van der Waals surface area contributed by atoms with Crippen LogP contribution in [0.2, 0.25) is 0 Å². The Hall–Kier alpha value is -0.680. The van der Waals surface area contributed by atoms with Gasteiger partial charge in [0.1, 0.15) is 0 Å². The van der Waals surface area contributed by atoms with E-state index in [0.29, 0.717) is 18.8 Å². The summed E-state index contributed by atoms with van der Waals surface area (Å²) >= 11 is 0. The van der Waals surface area contributed by atoms with E-state index in [1.165, 1.54) is 30.9 Å². The lowest BCUT2D eigenvalue weighted by atomic mass is 9.57. The van der Waals surface area contributed by atoms with Crippen LogP contribution in [-0.4, -0.2) is 32.0 Å². The van der Waals surface area contributed by atoms with Gasteiger partial charge < -0.3 is 20.4 Å². The highest BCUT2D eigenvalue weighted by Gasteiger charge is 2.46. The maximum atomic E-state index is 9.81. The molecule has 0 aliphatic heterocycles. The summed E-state index contributed by atoms with van der Waals surface area (Å²) in [6.45, 7) is 0. The Bertz CT molecular complexity index is 459. The molecule has 4 heteroatoms. The molecule has 0 aromatic heterocycles. The highest BCUT2D eigenvalue weighted by atomic mass is 16.5. The van der Waals surface area contributed by atoms with Gasteiger partial charge in [-0.1, -0.05) is 31.4 Å². The van der Waals surface area contributed by atoms with Crippen molar-refractivity contribution >= 4 is 0 Å². The smallest absolute Gasteiger partial charge is 0.186 e. The molecule has 0 radical (unpaired) electrons. The van der Waals surface area contributed by atoms with Gasteiger partial charge in [0.05, 0.1) is 0 Å². The first-order chi connectivity index (χ1) is 10.3. The van der Waals surface area contributed by atoms with Crippen LogP contribution in [-0.2, 0) is 0 Å². The Labute approximate surface area is 132 Å². The molecule has 0 saturated heterocycles. The number of hydrogen-bond acceptors (Lipinski definition) is 4. The van der Waals surface area contributed by atoms with Crippen LogP contribution in [0.3, 0.4) is 0 Å². The average molecular weight is 308 g/mol. The van der Waals surface area contributed by atoms with Gasteiger partial charge in [0.15, 0.2) is 11.6 Å². The summed E-state index contributed by atoms with van der Waals surface area (Å²) < 4.78 is 0. The van der Waals surface area contributed by atoms with Crippen molar-refractivity contribution in [1.82, 2.24) is 0 Å². The molecule has 0 aromatic rings. The molecule has 0 unspecified atom stereocenters. The molecular weight excluding hydrogens is 280 g/mol. The minimum absolute atomic E-state index is 0.0851. The van der Waals surface area contributed by atoms with Gasteiger partial charge in [-0.3, -0.25) is 0 Å². The van der Waals surface area contributed by atoms with E-state index < -0.39 is 11.6 Å². The molecule has 4 nitrogen and oxygen atoms in total. The molecule has 4 N–H and O–H groups in total. The Balaban J connectivity index is 1.83. The van der Waals surface area contributed by atoms with E-state index in [1.807, 2.05) is 12.2 Å². The van der Waals surface area contributed by atoms with E-state index in [9.17, 15) is 20.4 Å². The molecule has 0 bridgehead atoms. The maximum absolute atomic E-state index is 9.81. The first kappa shape index (κ1) is 16.2. The standard InChI is InChI=1S/C18H28O4/c19-17(20)10-4-14(5-11-17)16(8-2-1-3-9-16)15-6-12-18(21,22)13-7-15/h4-5,10,15,19-22H,1-3,6-9,11-13H2. The minimum atomic E-state index is -1.71. The highest BCUT2D eigenvalue weighted by Crippen LogP contribution is 2.54. The zero-order valence-corrected chi connectivity index (χ0v) is 13.2. The van der Waals surface area contributed by atoms with Crippen LogP contribution in [0.25, 0.3) is 0 Å². The fourth-order valence-corrected chi connectivity index (χ4v) is 4.74. The van der Waals surface area contributed by atoms with Gasteiger partial charge in [-0.15, -0.1) is 0 Å². The first-order valence-corrected chi connectivity index (χ1v) is 8.62. The molecule has 0 aromatic carbocycles. The second-order valence-corrected chi connectivity index (χ2v) is 7.55. The molecule has 2 fully saturated rings. The van der Waals surface area contributed by atoms with Gasteiger partial charge in [0, 0.05) is 19.3 Å². The molecule has 0 amide bonds. The van der Waals surface area contributed by atoms with Crippen molar-refractivity contribution in [1.29, 1.82) is 0 Å². The van der Waals surface area contributed by atoms with Crippen molar-refractivity contribution in [2.75, 3.05) is 0 Å². The van der Waals surface area contributed by atoms with Crippen LogP contribution < -0.4 is 0 Å². The molecular formula is C18H28O4. The normalized spacial score (nSPS) is 30.8. The summed E-state index contributed by atoms with van der Waals surface area (Å²) in [5.41, 5.74) is 1.32. The monoisotopic (exact) mass is 308 g/mol. The lowest BCUT2D eigenvalue weighted by molar-refractivity contribution is -0.191. The third-order valence-electron chi connectivity index (χ3n) is 6.04. The van der Waals surface area contributed by atoms with Crippen LogP contribution >= 0.6 is 0 Å². The van der Waals surface area contributed by atoms with Crippen molar-refractivity contribution in [3.63, 3.8) is 0 Å². The van der Waals surface area contributed by atoms with Crippen molar-refractivity contribution in [2.24, 2.45) is 11.3 Å². The summed E-state index contributed by atoms with van der Waals surface area (Å²) in [5, 5.41) is 39.1. The van der Waals surface area contributed by atoms with Crippen LogP contribution in [0.5, 0.6) is 0 Å². The number of aliphatic hydroxyl groups is 4. The van der Waals surface area contributed by atoms with E-state index >= 15 is 0 Å². The molecule has 3 rings (SSSR count). The molecule has 124 valence electrons. The molecule has 22 heavy (non-hydrogen) atoms. The van der Waals surface area contributed by atoms with Gasteiger partial charge in [-0.05, 0) is 48.7 Å². The Morgan fingerprint density at radius 2 is 1.50 bits per heavy atom. The fraction of sp³-hybridized carbons (Fsp3) is 0.778. The lowest BCUT2D eigenvalue weighted by Gasteiger charge is -2.49. The topological polar surface area (TPSA) is 80.9 Å². The number of allylic oxidation sites excluding steroid dienone is 2. The van der Waals surface area contributed by atoms with E-state index in [-0.39, 0.29) is 11.8 Å². The van der Waals surface area contributed by atoms with E-state index in [1.54, 1.807) is 0 Å². The SMILES string of the molecule is OC1(O)C=CC(C2(C3CCC(O)(O)CC3)CCCCC2)=CC1. The van der Waals surface area contributed by atoms with Crippen molar-refractivity contribution in [2.45, 2.75) is 75.8 Å². The van der Waals surface area contributed by atoms with Crippen molar-refractivity contribution in [3.05, 3.63) is 23.8 Å². The van der Waals surface area contributed by atoms with Crippen molar-refractivity contribution in [3.8, 4) is 0 Å². The van der Waals surface area contributed by atoms with Crippen LogP contribution in [0, 0.1) is 11.3 Å². The minimum Gasteiger partial charge on any atom is -0.366 e. The second-order valence-electron chi connectivity index (χ2n) is 7.55. The molecule has 3 aliphatic rings. The van der Waals surface area contributed by atoms with Gasteiger partial charge >= 0.3 is 0 Å². The van der Waals surface area contributed by atoms with Gasteiger partial charge in [0.2, 0.25) is 0 Å². The Kier molecular flexibility index (Phi) is 4.23. The van der Waals surface area contributed by atoms with Crippen molar-refractivity contribution < 1.29 is 20.4 Å². The maximum Gasteiger partial charge on any atom is 0.186 e. The van der Waals surface area contributed by atoms with Gasteiger partial charge in [-0.2, -0.15) is 0 Å². The van der Waals surface area contributed by atoms with Crippen LogP contribution in [0.15, 0.2) is 23.8 Å². The van der Waals surface area contributed by atoms with E-state index in [4.69, 9.17) is 0 Å². The molecule has 0 heterocycles. The largest absolute Gasteiger partial charge is 0.366 e. The summed E-state index contributed by atoms with van der Waals surface area (Å²) in [6, 6.07) is 0. The lowest BCUT2D eigenvalue weighted by Crippen LogP contribution is -2.42. The fourth-order valence-electron chi connectivity index (χ4n) is 4.74. The zero-order chi connectivity index (χ0) is 15.8. The Morgan fingerprint density at radius 3 is 2.05 bits per heavy atom. The van der Waals surface area contributed by atoms with E-state index in [2.05, 4.69) is 0 Å². The quantitative estimate of drug-likeness (QED) is 0.590. The Morgan fingerprint density at radius 1 is 0.864 bits per heavy atom. The predicted molar refractivity (Wildman–Crippen MR) is 83.7 cm³/mol. The summed E-state index contributed by atoms with van der Waals surface area (Å²) in [6.07, 6.45) is 14.1. The molecule has 2 saturated carbocycles. The second kappa shape index (κ2) is 5.75. The number of rotatable bonds is 2. The van der Waals surface area contributed by atoms with Crippen LogP contribution in [0.1, 0.15) is 64.2 Å². The average Bonchev–Trinajstić information content (AvgIpc) is 2.47. The van der Waals surface area contributed by atoms with Gasteiger partial charge in [0.25, 0.3) is 0 Å². The summed E-state index contributed by atoms with van der Waals surface area (Å²) in [5.74, 6) is -2.74. The molecule has 0 atom stereocenters. The van der Waals surface area contributed by atoms with Gasteiger partial charge in [-0.25, -0.2) is 0 Å². The van der Waals surface area contributed by atoms with Crippen LogP contribution in [0.4, 0.5) is 0 Å². The first-order valence-electron chi connectivity index (χ1n) is 8.62. The highest BCUT2D eigenvalue weighted by molar-refractivity contribution is 5.33. The van der Waals surface area contributed by atoms with E-state index in [0.717, 1.165) is 25.7 Å². The zero-order valence-electron chi connectivity index (χ0n) is 13.2. The third kappa shape index (κ3) is 3.16. The number of hydrogen-bond donors (Lipinski definition) is 4. The molecule has 0 spiro atoms. The predicted octanol–water partition coefficient (Wildman–Crippen LogP) is 2.38. The summed E-state index contributed by atoms with van der Waals surface area (Å²) in [4.78, 5) is 0. The summed E-state index contributed by atoms with van der Waals surface area (Å²) in [7, 11) is 0. The molecule has 3 aliphatic carbocycles. The third-order valence-corrected chi connectivity index (χ3v) is 6.04.